The number of allylic oxidation sites excluding steroid dienone is 4. The van der Waals surface area contributed by atoms with Gasteiger partial charge in [0, 0.05) is 78.7 Å². The fourth-order valence-corrected chi connectivity index (χ4v) is 8.10. The number of benzene rings is 2. The van der Waals surface area contributed by atoms with Crippen molar-refractivity contribution in [3.63, 3.8) is 0 Å². The Labute approximate surface area is 325 Å². The van der Waals surface area contributed by atoms with Crippen LogP contribution in [0.2, 0.25) is 0 Å². The van der Waals surface area contributed by atoms with E-state index in [0.717, 1.165) is 40.4 Å². The van der Waals surface area contributed by atoms with Gasteiger partial charge >= 0.3 is 5.97 Å². The van der Waals surface area contributed by atoms with Crippen molar-refractivity contribution in [3.8, 4) is 0 Å². The number of carbonyl (C=O) groups excluding carboxylic acids is 3. The first-order valence-corrected chi connectivity index (χ1v) is 20.1. The average molecular weight is 801 g/mol. The molecule has 17 heteroatoms. The van der Waals surface area contributed by atoms with Gasteiger partial charge in [0.1, 0.15) is 16.7 Å². The zero-order valence-electron chi connectivity index (χ0n) is 31.5. The largest absolute Gasteiger partial charge is 0.744 e. The summed E-state index contributed by atoms with van der Waals surface area (Å²) in [5, 5.41) is 14.6. The van der Waals surface area contributed by atoms with Gasteiger partial charge in [-0.05, 0) is 68.7 Å². The predicted octanol–water partition coefficient (Wildman–Crippen LogP) is 4.27. The first-order valence-electron chi connectivity index (χ1n) is 17.9. The molecule has 2 amide bonds. The maximum absolute atomic E-state index is 12.3. The molecule has 2 aromatic rings. The third-order valence-corrected chi connectivity index (χ3v) is 11.4. The highest BCUT2D eigenvalue weighted by Gasteiger charge is 2.45. The summed E-state index contributed by atoms with van der Waals surface area (Å²) in [6.45, 7) is 10.6. The Bertz CT molecular complexity index is 1970. The summed E-state index contributed by atoms with van der Waals surface area (Å²) in [7, 11) is -3.09. The molecular weight excluding hydrogens is 755 g/mol. The molecule has 0 radical (unpaired) electrons. The first kappa shape index (κ1) is 42.2. The van der Waals surface area contributed by atoms with Crippen LogP contribution in [-0.4, -0.2) is 86.1 Å². The zero-order chi connectivity index (χ0) is 40.0. The second-order valence-electron chi connectivity index (χ2n) is 14.3. The van der Waals surface area contributed by atoms with Gasteiger partial charge in [0.25, 0.3) is 11.8 Å². The molecule has 3 aliphatic heterocycles. The third kappa shape index (κ3) is 9.55. The van der Waals surface area contributed by atoms with Crippen LogP contribution in [0.25, 0.3) is 0 Å². The molecule has 0 spiro atoms. The van der Waals surface area contributed by atoms with Crippen LogP contribution < -0.4 is 10.2 Å². The van der Waals surface area contributed by atoms with Crippen LogP contribution in [0.3, 0.4) is 0 Å². The monoisotopic (exact) mass is 800 g/mol. The number of hydrogen-bond acceptors (Lipinski definition) is 14. The van der Waals surface area contributed by atoms with Crippen molar-refractivity contribution in [1.29, 1.82) is 0 Å². The highest BCUT2D eigenvalue weighted by molar-refractivity contribution is 7.94. The van der Waals surface area contributed by atoms with Crippen LogP contribution in [0.4, 0.5) is 11.4 Å². The number of nitrogens with zero attached hydrogens (tertiary/aromatic N) is 3. The summed E-state index contributed by atoms with van der Waals surface area (Å²) in [4.78, 5) is 43.5. The molecule has 0 aliphatic carbocycles. The van der Waals surface area contributed by atoms with Gasteiger partial charge in [-0.3, -0.25) is 14.6 Å². The average Bonchev–Trinajstić information content (AvgIpc) is 3.65. The Kier molecular flexibility index (Phi) is 13.7. The van der Waals surface area contributed by atoms with Gasteiger partial charge in [-0.2, -0.15) is 8.91 Å². The van der Waals surface area contributed by atoms with Crippen molar-refractivity contribution in [3.05, 3.63) is 71.5 Å². The number of hydrogen-bond donors (Lipinski definition) is 0. The lowest BCUT2D eigenvalue weighted by molar-refractivity contribution is -0.777. The molecular formula is C38H46N3O12S2-. The quantitative estimate of drug-likeness (QED) is 0.0373. The van der Waals surface area contributed by atoms with Crippen LogP contribution in [0.1, 0.15) is 77.3 Å². The highest BCUT2D eigenvalue weighted by atomic mass is 32.2. The molecule has 1 saturated heterocycles. The molecule has 1 fully saturated rings. The number of anilines is 1. The minimum atomic E-state index is -4.70. The Balaban J connectivity index is 1.41. The van der Waals surface area contributed by atoms with Crippen molar-refractivity contribution in [2.75, 3.05) is 44.9 Å². The summed E-state index contributed by atoms with van der Waals surface area (Å²) in [6.07, 6.45) is 7.80. The standard InChI is InChI=1S/C38H47N3O12S2/c1-37(2)28-24-26(54-53-52-45)13-15-30(28)40(20-21-50-23-22-49-5)33(37)11-9-10-32-38(3,4)29-25-27(55(46,47)48)14-16-31(29)39(32)19-8-6-7-12-36(44)51-41-34(42)17-18-35(41)43/h9-11,13-16,24-25H,6-8,12,17-23H2,1-5H3,(H-,45,46,47,48)/p-1. The number of methoxy groups -OCH3 is 1. The number of unbranched alkanes of at least 4 members (excludes halogenated alkanes) is 2. The maximum atomic E-state index is 12.3. The predicted molar refractivity (Wildman–Crippen MR) is 198 cm³/mol. The number of carbonyl (C=O) groups is 3. The molecule has 3 heterocycles. The molecule has 0 bridgehead atoms. The lowest BCUT2D eigenvalue weighted by Crippen LogP contribution is -2.31. The maximum Gasteiger partial charge on any atom is 0.333 e. The molecule has 0 unspecified atom stereocenters. The van der Waals surface area contributed by atoms with Gasteiger partial charge in [-0.15, -0.1) is 5.06 Å². The van der Waals surface area contributed by atoms with E-state index in [2.05, 4.69) is 32.7 Å². The van der Waals surface area contributed by atoms with Crippen molar-refractivity contribution in [2.45, 2.75) is 86.8 Å². The Morgan fingerprint density at radius 1 is 0.964 bits per heavy atom. The Morgan fingerprint density at radius 3 is 2.40 bits per heavy atom. The SMILES string of the molecule is COCCOCCN1C(=CC=CC2=[N+](CCCCCC(=O)ON3C(=O)CCC3=O)c3ccc(S(=O)(=O)[O-])cc3C2(C)C)C(C)(C)c2cc(SOO[O-])ccc21. The molecule has 55 heavy (non-hydrogen) atoms. The van der Waals surface area contributed by atoms with Gasteiger partial charge < -0.3 is 29.0 Å². The minimum Gasteiger partial charge on any atom is -0.744 e. The molecule has 15 nitrogen and oxygen atoms in total. The van der Waals surface area contributed by atoms with Crippen LogP contribution in [0.15, 0.2) is 70.1 Å². The van der Waals surface area contributed by atoms with E-state index >= 15 is 0 Å². The first-order chi connectivity index (χ1) is 26.1. The Hall–Kier alpha value is -3.94. The summed E-state index contributed by atoms with van der Waals surface area (Å²) in [6, 6.07) is 10.2. The van der Waals surface area contributed by atoms with Crippen molar-refractivity contribution >= 4 is 57.0 Å². The third-order valence-electron chi connectivity index (χ3n) is 10.0. The van der Waals surface area contributed by atoms with Gasteiger partial charge in [0.15, 0.2) is 5.71 Å². The number of fused-ring (bicyclic) bond motifs is 2. The van der Waals surface area contributed by atoms with E-state index in [1.54, 1.807) is 13.2 Å². The summed E-state index contributed by atoms with van der Waals surface area (Å²) in [5.41, 5.74) is 4.15. The van der Waals surface area contributed by atoms with E-state index in [4.69, 9.17) is 14.3 Å². The van der Waals surface area contributed by atoms with E-state index in [9.17, 15) is 32.6 Å². The zero-order valence-corrected chi connectivity index (χ0v) is 33.2. The van der Waals surface area contributed by atoms with E-state index in [-0.39, 0.29) is 24.2 Å². The number of hydroxylamine groups is 2. The molecule has 0 atom stereocenters. The molecule has 3 aliphatic rings. The fourth-order valence-electron chi connectivity index (χ4n) is 7.20. The smallest absolute Gasteiger partial charge is 0.333 e. The lowest BCUT2D eigenvalue weighted by Gasteiger charge is -2.27. The van der Waals surface area contributed by atoms with Crippen LogP contribution in [0, 0.1) is 0 Å². The minimum absolute atomic E-state index is 0.0246. The van der Waals surface area contributed by atoms with Gasteiger partial charge in [-0.1, -0.05) is 19.9 Å². The molecule has 0 saturated carbocycles. The topological polar surface area (TPSA) is 187 Å². The van der Waals surface area contributed by atoms with Crippen LogP contribution in [0.5, 0.6) is 0 Å². The highest BCUT2D eigenvalue weighted by Crippen LogP contribution is 2.49. The van der Waals surface area contributed by atoms with Crippen molar-refractivity contribution in [1.82, 2.24) is 5.06 Å². The van der Waals surface area contributed by atoms with Crippen LogP contribution >= 0.6 is 12.0 Å². The van der Waals surface area contributed by atoms with Crippen LogP contribution in [-0.2, 0) is 59.0 Å². The molecule has 0 N–H and O–H groups in total. The lowest BCUT2D eigenvalue weighted by atomic mass is 9.81. The second-order valence-corrected chi connectivity index (χ2v) is 16.5. The number of rotatable bonds is 19. The summed E-state index contributed by atoms with van der Waals surface area (Å²) in [5.74, 6) is -1.71. The van der Waals surface area contributed by atoms with Crippen molar-refractivity contribution < 1.29 is 60.9 Å². The number of ether oxygens (including phenoxy) is 2. The van der Waals surface area contributed by atoms with E-state index in [1.165, 1.54) is 12.1 Å². The second kappa shape index (κ2) is 17.9. The number of imide groups is 1. The van der Waals surface area contributed by atoms with Gasteiger partial charge in [0.2, 0.25) is 5.69 Å². The van der Waals surface area contributed by atoms with Gasteiger partial charge in [0.05, 0.1) is 42.2 Å². The van der Waals surface area contributed by atoms with E-state index < -0.39 is 38.7 Å². The number of amides is 2. The Morgan fingerprint density at radius 2 is 1.71 bits per heavy atom. The van der Waals surface area contributed by atoms with Crippen molar-refractivity contribution in [2.24, 2.45) is 0 Å². The van der Waals surface area contributed by atoms with E-state index in [0.29, 0.717) is 67.7 Å². The normalized spacial score (nSPS) is 18.3. The molecule has 2 aromatic carbocycles. The molecule has 298 valence electrons. The fraction of sp³-hybridized carbons (Fsp3) is 0.474. The summed E-state index contributed by atoms with van der Waals surface area (Å²) >= 11 is 0.824. The molecule has 5 rings (SSSR count). The van der Waals surface area contributed by atoms with E-state index in [1.807, 2.05) is 50.3 Å². The molecule has 0 aromatic heterocycles. The summed E-state index contributed by atoms with van der Waals surface area (Å²) < 4.78 is 53.7. The van der Waals surface area contributed by atoms with Gasteiger partial charge in [-0.25, -0.2) is 13.2 Å².